The molecule has 0 spiro atoms. The lowest BCUT2D eigenvalue weighted by molar-refractivity contribution is -0.140. The minimum absolute atomic E-state index is 0.0243. The lowest BCUT2D eigenvalue weighted by Gasteiger charge is -2.14. The first-order valence-corrected chi connectivity index (χ1v) is 11.7. The van der Waals surface area contributed by atoms with Crippen LogP contribution in [0.4, 0.5) is 4.79 Å². The van der Waals surface area contributed by atoms with E-state index in [1.807, 2.05) is 24.3 Å². The van der Waals surface area contributed by atoms with E-state index in [1.165, 1.54) is 6.92 Å². The van der Waals surface area contributed by atoms with Gasteiger partial charge in [-0.3, -0.25) is 9.59 Å². The largest absolute Gasteiger partial charge is 0.481 e. The molecule has 176 valence electrons. The van der Waals surface area contributed by atoms with Gasteiger partial charge >= 0.3 is 12.1 Å². The molecule has 9 heteroatoms. The van der Waals surface area contributed by atoms with E-state index in [9.17, 15) is 14.4 Å². The lowest BCUT2D eigenvalue weighted by atomic mass is 9.98. The molecule has 3 N–H and O–H groups in total. The number of hydrogen-bond donors (Lipinski definition) is 3. The van der Waals surface area contributed by atoms with Gasteiger partial charge in [0.25, 0.3) is 5.91 Å². The number of rotatable bonds is 8. The molecule has 1 aliphatic rings. The summed E-state index contributed by atoms with van der Waals surface area (Å²) in [5.74, 6) is -2.07. The van der Waals surface area contributed by atoms with Crippen molar-refractivity contribution < 1.29 is 24.2 Å². The third kappa shape index (κ3) is 4.94. The summed E-state index contributed by atoms with van der Waals surface area (Å²) in [5, 5.41) is 14.8. The smallest absolute Gasteiger partial charge is 0.407 e. The molecule has 1 heterocycles. The number of carboxylic acid groups (broad SMARTS) is 1. The first kappa shape index (κ1) is 23.4. The summed E-state index contributed by atoms with van der Waals surface area (Å²) in [4.78, 5) is 40.4. The fourth-order valence-corrected chi connectivity index (χ4v) is 4.87. The van der Waals surface area contributed by atoms with Crippen LogP contribution in [0.3, 0.4) is 0 Å². The normalized spacial score (nSPS) is 13.0. The fourth-order valence-electron chi connectivity index (χ4n) is 3.95. The Morgan fingerprint density at radius 3 is 2.29 bits per heavy atom. The Labute approximate surface area is 201 Å². The number of carbonyl (C=O) groups is 3. The quantitative estimate of drug-likeness (QED) is 0.450. The zero-order valence-corrected chi connectivity index (χ0v) is 19.6. The van der Waals surface area contributed by atoms with Gasteiger partial charge in [0.2, 0.25) is 0 Å². The van der Waals surface area contributed by atoms with Crippen LogP contribution >= 0.6 is 11.3 Å². The summed E-state index contributed by atoms with van der Waals surface area (Å²) in [6.45, 7) is 3.58. The minimum atomic E-state index is -0.977. The molecule has 2 aromatic carbocycles. The van der Waals surface area contributed by atoms with E-state index in [2.05, 4.69) is 39.9 Å². The average Bonchev–Trinajstić information content (AvgIpc) is 3.37. The first-order chi connectivity index (χ1) is 16.3. The van der Waals surface area contributed by atoms with Crippen molar-refractivity contribution in [3.8, 4) is 11.1 Å². The van der Waals surface area contributed by atoms with Gasteiger partial charge in [0.05, 0.1) is 18.2 Å². The Morgan fingerprint density at radius 2 is 1.68 bits per heavy atom. The monoisotopic (exact) mass is 479 g/mol. The van der Waals surface area contributed by atoms with Crippen molar-refractivity contribution in [2.45, 2.75) is 26.3 Å². The Kier molecular flexibility index (Phi) is 6.93. The number of nitrogens with zero attached hydrogens (tertiary/aromatic N) is 1. The SMILES string of the molecule is Cc1nc(CNC(=O)OCC2c3ccccc3-c3ccccc32)sc1C(=O)NCC(C)C(=O)O. The molecular formula is C25H25N3O5S. The van der Waals surface area contributed by atoms with Crippen molar-refractivity contribution in [2.75, 3.05) is 13.2 Å². The van der Waals surface area contributed by atoms with Crippen LogP contribution in [0.25, 0.3) is 11.1 Å². The molecule has 1 atom stereocenters. The number of aromatic nitrogens is 1. The number of ether oxygens (including phenoxy) is 1. The number of amides is 2. The fraction of sp³-hybridized carbons (Fsp3) is 0.280. The number of aryl methyl sites for hydroxylation is 1. The summed E-state index contributed by atoms with van der Waals surface area (Å²) in [7, 11) is 0. The predicted octanol–water partition coefficient (Wildman–Crippen LogP) is 3.94. The summed E-state index contributed by atoms with van der Waals surface area (Å²) in [6, 6.07) is 16.2. The van der Waals surface area contributed by atoms with Crippen molar-refractivity contribution >= 4 is 29.3 Å². The first-order valence-electron chi connectivity index (χ1n) is 10.9. The molecule has 1 unspecified atom stereocenters. The van der Waals surface area contributed by atoms with E-state index in [1.54, 1.807) is 6.92 Å². The van der Waals surface area contributed by atoms with Crippen LogP contribution in [0.5, 0.6) is 0 Å². The maximum atomic E-state index is 12.4. The molecule has 8 nitrogen and oxygen atoms in total. The van der Waals surface area contributed by atoms with Crippen molar-refractivity contribution in [3.05, 3.63) is 75.2 Å². The third-order valence-electron chi connectivity index (χ3n) is 5.77. The molecule has 0 saturated heterocycles. The molecule has 1 aliphatic carbocycles. The number of benzene rings is 2. The van der Waals surface area contributed by atoms with Gasteiger partial charge in [0.15, 0.2) is 0 Å². The van der Waals surface area contributed by atoms with Crippen LogP contribution in [-0.2, 0) is 16.1 Å². The number of aliphatic carboxylic acids is 1. The van der Waals surface area contributed by atoms with E-state index in [4.69, 9.17) is 9.84 Å². The highest BCUT2D eigenvalue weighted by atomic mass is 32.1. The Bertz CT molecular complexity index is 1190. The van der Waals surface area contributed by atoms with Gasteiger partial charge in [-0.25, -0.2) is 9.78 Å². The number of hydrogen-bond acceptors (Lipinski definition) is 6. The van der Waals surface area contributed by atoms with Gasteiger partial charge in [-0.05, 0) is 29.2 Å². The highest BCUT2D eigenvalue weighted by Gasteiger charge is 2.29. The zero-order chi connectivity index (χ0) is 24.2. The van der Waals surface area contributed by atoms with Crippen LogP contribution < -0.4 is 10.6 Å². The average molecular weight is 480 g/mol. The lowest BCUT2D eigenvalue weighted by Crippen LogP contribution is -2.31. The number of nitrogens with one attached hydrogen (secondary N) is 2. The number of fused-ring (bicyclic) bond motifs is 3. The Balaban J connectivity index is 1.32. The van der Waals surface area contributed by atoms with E-state index in [0.29, 0.717) is 15.6 Å². The molecule has 2 amide bonds. The van der Waals surface area contributed by atoms with Gasteiger partial charge in [0, 0.05) is 12.5 Å². The maximum absolute atomic E-state index is 12.4. The third-order valence-corrected chi connectivity index (χ3v) is 6.92. The van der Waals surface area contributed by atoms with Crippen LogP contribution in [0.15, 0.2) is 48.5 Å². The summed E-state index contributed by atoms with van der Waals surface area (Å²) in [5.41, 5.74) is 5.12. The second-order valence-electron chi connectivity index (χ2n) is 8.15. The molecule has 0 aliphatic heterocycles. The van der Waals surface area contributed by atoms with Gasteiger partial charge < -0.3 is 20.5 Å². The van der Waals surface area contributed by atoms with Crippen molar-refractivity contribution in [3.63, 3.8) is 0 Å². The summed E-state index contributed by atoms with van der Waals surface area (Å²) < 4.78 is 5.53. The maximum Gasteiger partial charge on any atom is 0.407 e. The van der Waals surface area contributed by atoms with Crippen molar-refractivity contribution in [1.82, 2.24) is 15.6 Å². The number of carboxylic acids is 1. The van der Waals surface area contributed by atoms with Crippen LogP contribution in [0, 0.1) is 12.8 Å². The Morgan fingerprint density at radius 1 is 1.06 bits per heavy atom. The molecule has 0 saturated carbocycles. The van der Waals surface area contributed by atoms with E-state index in [-0.39, 0.29) is 31.5 Å². The summed E-state index contributed by atoms with van der Waals surface area (Å²) >= 11 is 1.15. The highest BCUT2D eigenvalue weighted by Crippen LogP contribution is 2.44. The number of carbonyl (C=O) groups excluding carboxylic acids is 2. The molecular weight excluding hydrogens is 454 g/mol. The van der Waals surface area contributed by atoms with E-state index in [0.717, 1.165) is 33.6 Å². The molecule has 34 heavy (non-hydrogen) atoms. The standard InChI is InChI=1S/C25H25N3O5S/c1-14(24(30)31)11-26-23(29)22-15(2)28-21(34-22)12-27-25(32)33-13-20-18-9-5-3-7-16(18)17-8-4-6-10-19(17)20/h3-10,14,20H,11-13H2,1-2H3,(H,26,29)(H,27,32)(H,30,31). The van der Waals surface area contributed by atoms with Crippen LogP contribution in [0.2, 0.25) is 0 Å². The van der Waals surface area contributed by atoms with Crippen LogP contribution in [0.1, 0.15) is 44.3 Å². The zero-order valence-electron chi connectivity index (χ0n) is 18.8. The second kappa shape index (κ2) is 10.0. The van der Waals surface area contributed by atoms with Crippen LogP contribution in [-0.4, -0.2) is 41.2 Å². The van der Waals surface area contributed by atoms with Gasteiger partial charge in [0.1, 0.15) is 16.5 Å². The highest BCUT2D eigenvalue weighted by molar-refractivity contribution is 7.13. The second-order valence-corrected chi connectivity index (χ2v) is 9.23. The molecule has 0 bridgehead atoms. The minimum Gasteiger partial charge on any atom is -0.481 e. The number of alkyl carbamates (subject to hydrolysis) is 1. The topological polar surface area (TPSA) is 118 Å². The predicted molar refractivity (Wildman–Crippen MR) is 128 cm³/mol. The van der Waals surface area contributed by atoms with E-state index < -0.39 is 18.0 Å². The van der Waals surface area contributed by atoms with Gasteiger partial charge in [-0.1, -0.05) is 55.5 Å². The molecule has 4 rings (SSSR count). The molecule has 3 aromatic rings. The van der Waals surface area contributed by atoms with Gasteiger partial charge in [-0.15, -0.1) is 11.3 Å². The summed E-state index contributed by atoms with van der Waals surface area (Å²) in [6.07, 6.45) is -0.559. The molecule has 0 fully saturated rings. The molecule has 0 radical (unpaired) electrons. The van der Waals surface area contributed by atoms with Crippen molar-refractivity contribution in [1.29, 1.82) is 0 Å². The van der Waals surface area contributed by atoms with Gasteiger partial charge in [-0.2, -0.15) is 0 Å². The van der Waals surface area contributed by atoms with E-state index >= 15 is 0 Å². The van der Waals surface area contributed by atoms with Crippen molar-refractivity contribution in [2.24, 2.45) is 5.92 Å². The number of thiazole rings is 1. The Hall–Kier alpha value is -3.72. The molecule has 1 aromatic heterocycles.